The molecule has 0 spiro atoms. The first-order valence-electron chi connectivity index (χ1n) is 12.9. The highest BCUT2D eigenvalue weighted by Crippen LogP contribution is 2.38. The number of aromatic nitrogens is 3. The van der Waals surface area contributed by atoms with Gasteiger partial charge in [-0.2, -0.15) is 20.1 Å². The van der Waals surface area contributed by atoms with Crippen LogP contribution in [0.1, 0.15) is 5.56 Å². The molecule has 2 fully saturated rings. The van der Waals surface area contributed by atoms with E-state index in [-0.39, 0.29) is 23.2 Å². The van der Waals surface area contributed by atoms with Crippen molar-refractivity contribution in [3.63, 3.8) is 0 Å². The van der Waals surface area contributed by atoms with Crippen LogP contribution in [0.5, 0.6) is 17.2 Å². The smallest absolute Gasteiger partial charge is 0.318 e. The molecule has 3 heterocycles. The number of rotatable bonds is 10. The minimum atomic E-state index is -0.752. The van der Waals surface area contributed by atoms with E-state index in [4.69, 9.17) is 18.9 Å². The third kappa shape index (κ3) is 6.76. The molecule has 0 amide bonds. The minimum absolute atomic E-state index is 0.169. The van der Waals surface area contributed by atoms with Crippen molar-refractivity contribution in [1.82, 2.24) is 15.0 Å². The van der Waals surface area contributed by atoms with E-state index in [9.17, 15) is 20.2 Å². The molecule has 220 valence electrons. The number of hydrazone groups is 1. The third-order valence-corrected chi connectivity index (χ3v) is 6.34. The summed E-state index contributed by atoms with van der Waals surface area (Å²) in [5.74, 6) is 1.57. The summed E-state index contributed by atoms with van der Waals surface area (Å²) in [4.78, 5) is 38.8. The molecule has 17 nitrogen and oxygen atoms in total. The second-order valence-corrected chi connectivity index (χ2v) is 9.01. The maximum absolute atomic E-state index is 11.5. The number of morpholine rings is 2. The number of nitrogens with zero attached hydrogens (tertiary/aromatic N) is 8. The first kappa shape index (κ1) is 28.4. The monoisotopic (exact) mass is 581 g/mol. The van der Waals surface area contributed by atoms with E-state index in [0.29, 0.717) is 70.1 Å². The Kier molecular flexibility index (Phi) is 8.78. The fourth-order valence-electron chi connectivity index (χ4n) is 4.19. The minimum Gasteiger partial charge on any atom is -0.493 e. The van der Waals surface area contributed by atoms with Crippen molar-refractivity contribution in [3.8, 4) is 17.2 Å². The van der Waals surface area contributed by atoms with Gasteiger partial charge in [0.1, 0.15) is 0 Å². The van der Waals surface area contributed by atoms with Crippen LogP contribution in [0.3, 0.4) is 0 Å². The van der Waals surface area contributed by atoms with Gasteiger partial charge < -0.3 is 28.7 Å². The number of hydrogen-bond acceptors (Lipinski definition) is 15. The molecule has 1 N–H and O–H groups in total. The first-order chi connectivity index (χ1) is 20.4. The molecule has 0 bridgehead atoms. The van der Waals surface area contributed by atoms with Crippen LogP contribution in [0.2, 0.25) is 0 Å². The van der Waals surface area contributed by atoms with Gasteiger partial charge in [-0.15, -0.1) is 0 Å². The van der Waals surface area contributed by atoms with Crippen LogP contribution in [0.4, 0.5) is 29.2 Å². The third-order valence-electron chi connectivity index (χ3n) is 6.34. The van der Waals surface area contributed by atoms with E-state index in [1.807, 2.05) is 9.80 Å². The molecule has 0 saturated carbocycles. The Morgan fingerprint density at radius 2 is 1.48 bits per heavy atom. The molecular weight excluding hydrogens is 554 g/mol. The van der Waals surface area contributed by atoms with Gasteiger partial charge in [0.25, 0.3) is 5.69 Å². The van der Waals surface area contributed by atoms with Crippen molar-refractivity contribution in [2.24, 2.45) is 5.10 Å². The zero-order valence-corrected chi connectivity index (χ0v) is 22.5. The molecule has 0 atom stereocenters. The predicted octanol–water partition coefficient (Wildman–Crippen LogP) is 2.61. The fourth-order valence-corrected chi connectivity index (χ4v) is 4.19. The number of methoxy groups -OCH3 is 1. The second-order valence-electron chi connectivity index (χ2n) is 9.01. The molecular formula is C25H27N9O8. The number of ether oxygens (including phenoxy) is 4. The Labute approximate surface area is 239 Å². The molecule has 1 aromatic heterocycles. The van der Waals surface area contributed by atoms with Crippen LogP contribution >= 0.6 is 0 Å². The largest absolute Gasteiger partial charge is 0.493 e. The first-order valence-corrected chi connectivity index (χ1v) is 12.9. The zero-order chi connectivity index (χ0) is 29.5. The zero-order valence-electron chi connectivity index (χ0n) is 22.5. The molecule has 2 aliphatic rings. The van der Waals surface area contributed by atoms with Crippen molar-refractivity contribution in [2.75, 3.05) is 74.9 Å². The summed E-state index contributed by atoms with van der Waals surface area (Å²) in [7, 11) is 1.41. The summed E-state index contributed by atoms with van der Waals surface area (Å²) in [6, 6.07) is 7.94. The van der Waals surface area contributed by atoms with Crippen molar-refractivity contribution < 1.29 is 28.8 Å². The maximum atomic E-state index is 11.5. The van der Waals surface area contributed by atoms with Crippen LogP contribution in [0, 0.1) is 20.2 Å². The van der Waals surface area contributed by atoms with E-state index < -0.39 is 21.2 Å². The number of hydrogen-bond donors (Lipinski definition) is 1. The Morgan fingerprint density at radius 1 is 0.857 bits per heavy atom. The van der Waals surface area contributed by atoms with Gasteiger partial charge in [0, 0.05) is 32.2 Å². The van der Waals surface area contributed by atoms with Gasteiger partial charge in [-0.05, 0) is 29.8 Å². The van der Waals surface area contributed by atoms with Crippen molar-refractivity contribution in [3.05, 3.63) is 62.2 Å². The molecule has 2 aliphatic heterocycles. The van der Waals surface area contributed by atoms with Crippen LogP contribution in [-0.4, -0.2) is 90.7 Å². The molecule has 5 rings (SSSR count). The molecule has 0 unspecified atom stereocenters. The Morgan fingerprint density at radius 3 is 2.05 bits per heavy atom. The highest BCUT2D eigenvalue weighted by atomic mass is 16.6. The van der Waals surface area contributed by atoms with Gasteiger partial charge in [0.05, 0.1) is 55.7 Å². The fraction of sp³-hybridized carbons (Fsp3) is 0.360. The summed E-state index contributed by atoms with van der Waals surface area (Å²) < 4.78 is 22.0. The number of non-ortho nitro benzene ring substituents is 1. The van der Waals surface area contributed by atoms with Crippen LogP contribution < -0.4 is 24.7 Å². The molecule has 0 radical (unpaired) electrons. The van der Waals surface area contributed by atoms with Gasteiger partial charge >= 0.3 is 5.69 Å². The molecule has 3 aromatic rings. The van der Waals surface area contributed by atoms with E-state index >= 15 is 0 Å². The van der Waals surface area contributed by atoms with Crippen LogP contribution in [0.15, 0.2) is 41.5 Å². The quantitative estimate of drug-likeness (QED) is 0.208. The van der Waals surface area contributed by atoms with Crippen LogP contribution in [0.25, 0.3) is 0 Å². The maximum Gasteiger partial charge on any atom is 0.318 e. The molecule has 2 saturated heterocycles. The van der Waals surface area contributed by atoms with Crippen LogP contribution in [-0.2, 0) is 9.47 Å². The van der Waals surface area contributed by atoms with Gasteiger partial charge in [0.2, 0.25) is 23.6 Å². The predicted molar refractivity (Wildman–Crippen MR) is 150 cm³/mol. The summed E-state index contributed by atoms with van der Waals surface area (Å²) in [6.45, 7) is 4.96. The van der Waals surface area contributed by atoms with Gasteiger partial charge in [-0.1, -0.05) is 0 Å². The summed E-state index contributed by atoms with van der Waals surface area (Å²) in [5.41, 5.74) is 2.51. The Hall–Kier alpha value is -5.16. The number of nitrogens with one attached hydrogen (secondary N) is 1. The average molecular weight is 582 g/mol. The van der Waals surface area contributed by atoms with E-state index in [1.54, 1.807) is 18.2 Å². The lowest BCUT2D eigenvalue weighted by atomic mass is 10.2. The lowest BCUT2D eigenvalue weighted by Gasteiger charge is -2.30. The number of benzene rings is 2. The lowest BCUT2D eigenvalue weighted by Crippen LogP contribution is -2.40. The second kappa shape index (κ2) is 13.0. The molecule has 17 heteroatoms. The highest BCUT2D eigenvalue weighted by Gasteiger charge is 2.23. The summed E-state index contributed by atoms with van der Waals surface area (Å²) in [6.07, 6.45) is 1.52. The van der Waals surface area contributed by atoms with Gasteiger partial charge in [-0.25, -0.2) is 5.43 Å². The Bertz CT molecular complexity index is 1440. The topological polar surface area (TPSA) is 193 Å². The normalized spacial score (nSPS) is 15.5. The molecule has 42 heavy (non-hydrogen) atoms. The van der Waals surface area contributed by atoms with Crippen molar-refractivity contribution in [1.29, 1.82) is 0 Å². The molecule has 0 aliphatic carbocycles. The summed E-state index contributed by atoms with van der Waals surface area (Å²) >= 11 is 0. The van der Waals surface area contributed by atoms with E-state index in [1.165, 1.54) is 19.4 Å². The Balaban J connectivity index is 1.33. The van der Waals surface area contributed by atoms with E-state index in [2.05, 4.69) is 25.5 Å². The van der Waals surface area contributed by atoms with Gasteiger partial charge in [-0.3, -0.25) is 20.2 Å². The lowest BCUT2D eigenvalue weighted by molar-refractivity contribution is -0.394. The molecule has 2 aromatic carbocycles. The van der Waals surface area contributed by atoms with Crippen molar-refractivity contribution in [2.45, 2.75) is 0 Å². The standard InChI is InChI=1S/C25H27N9O8/c1-39-22-14-17(2-4-21(22)42-20-5-3-18(33(35)36)15-19(20)34(37)38)16-26-30-23-27-24(31-6-10-40-11-7-31)29-25(28-23)32-8-12-41-13-9-32/h2-5,14-16H,6-13H2,1H3,(H,27,28,29,30). The van der Waals surface area contributed by atoms with Crippen molar-refractivity contribution >= 4 is 35.4 Å². The summed E-state index contributed by atoms with van der Waals surface area (Å²) in [5, 5.41) is 26.8. The number of nitro groups is 2. The highest BCUT2D eigenvalue weighted by molar-refractivity contribution is 5.81. The number of anilines is 3. The van der Waals surface area contributed by atoms with Gasteiger partial charge in [0.15, 0.2) is 11.5 Å². The number of nitro benzene ring substituents is 2. The average Bonchev–Trinajstić information content (AvgIpc) is 3.02. The SMILES string of the molecule is COc1cc(C=NNc2nc(N3CCOCC3)nc(N3CCOCC3)n2)ccc1Oc1ccc([N+](=O)[O-])cc1[N+](=O)[O-]. The van der Waals surface area contributed by atoms with E-state index in [0.717, 1.165) is 12.1 Å².